The van der Waals surface area contributed by atoms with Crippen molar-refractivity contribution in [1.82, 2.24) is 8.87 Å². The molecule has 2 fully saturated rings. The first-order valence-electron chi connectivity index (χ1n) is 6.86. The second kappa shape index (κ2) is 5.33. The second-order valence-electron chi connectivity index (χ2n) is 5.48. The van der Waals surface area contributed by atoms with E-state index in [9.17, 15) is 8.42 Å². The first-order chi connectivity index (χ1) is 9.54. The van der Waals surface area contributed by atoms with Gasteiger partial charge in [0.25, 0.3) is 0 Å². The molecule has 20 heavy (non-hydrogen) atoms. The smallest absolute Gasteiger partial charge is 0.244 e. The van der Waals surface area contributed by atoms with Crippen LogP contribution in [0.4, 0.5) is 0 Å². The molecule has 0 aromatic carbocycles. The molecule has 112 valence electrons. The number of nitrogens with zero attached hydrogens (tertiary/aromatic N) is 2. The first-order valence-corrected chi connectivity index (χ1v) is 8.84. The maximum Gasteiger partial charge on any atom is 0.244 e. The summed E-state index contributed by atoms with van der Waals surface area (Å²) in [5, 5.41) is 0. The maximum absolute atomic E-state index is 12.7. The van der Waals surface area contributed by atoms with Gasteiger partial charge in [-0.2, -0.15) is 4.31 Å². The van der Waals surface area contributed by atoms with E-state index in [0.717, 1.165) is 25.0 Å². The summed E-state index contributed by atoms with van der Waals surface area (Å²) in [4.78, 5) is 0.342. The fourth-order valence-corrected chi connectivity index (χ4v) is 4.25. The van der Waals surface area contributed by atoms with Crippen LogP contribution in [0.15, 0.2) is 17.2 Å². The number of aromatic nitrogens is 1. The van der Waals surface area contributed by atoms with Gasteiger partial charge < -0.3 is 9.30 Å². The van der Waals surface area contributed by atoms with E-state index in [-0.39, 0.29) is 6.04 Å². The lowest BCUT2D eigenvalue weighted by atomic mass is 10.3. The number of alkyl halides is 1. The lowest BCUT2D eigenvalue weighted by Crippen LogP contribution is -2.37. The highest BCUT2D eigenvalue weighted by Gasteiger charge is 2.33. The minimum Gasteiger partial charge on any atom is -0.380 e. The predicted molar refractivity (Wildman–Crippen MR) is 76.4 cm³/mol. The molecule has 1 saturated heterocycles. The number of rotatable bonds is 5. The van der Waals surface area contributed by atoms with Crippen LogP contribution in [0.25, 0.3) is 0 Å². The van der Waals surface area contributed by atoms with Crippen LogP contribution in [0.1, 0.15) is 31.0 Å². The summed E-state index contributed by atoms with van der Waals surface area (Å²) in [6.07, 6.45) is 4.69. The Labute approximate surface area is 124 Å². The molecule has 1 aromatic rings. The van der Waals surface area contributed by atoms with Crippen molar-refractivity contribution < 1.29 is 13.2 Å². The molecule has 0 amide bonds. The minimum atomic E-state index is -3.47. The van der Waals surface area contributed by atoms with Gasteiger partial charge in [-0.15, -0.1) is 11.6 Å². The lowest BCUT2D eigenvalue weighted by molar-refractivity contribution is 0.181. The van der Waals surface area contributed by atoms with Crippen LogP contribution in [0.3, 0.4) is 0 Å². The third-order valence-corrected chi connectivity index (χ3v) is 6.23. The summed E-state index contributed by atoms with van der Waals surface area (Å²) in [7, 11) is -1.84. The molecular formula is C13H19ClN2O3S. The average Bonchev–Trinajstić information content (AvgIpc) is 2.97. The fraction of sp³-hybridized carbons (Fsp3) is 0.692. The van der Waals surface area contributed by atoms with E-state index in [1.165, 1.54) is 4.31 Å². The number of likely N-dealkylation sites (N-methyl/N-ethyl adjacent to an activating group) is 1. The summed E-state index contributed by atoms with van der Waals surface area (Å²) in [6, 6.07) is 2.06. The normalized spacial score (nSPS) is 23.6. The van der Waals surface area contributed by atoms with Crippen LogP contribution >= 0.6 is 11.6 Å². The third-order valence-electron chi connectivity index (χ3n) is 4.08. The molecule has 1 aliphatic heterocycles. The molecule has 0 bridgehead atoms. The number of halogens is 1. The highest BCUT2D eigenvalue weighted by atomic mass is 35.5. The number of sulfonamides is 1. The van der Waals surface area contributed by atoms with Crippen molar-refractivity contribution in [3.8, 4) is 0 Å². The lowest BCUT2D eigenvalue weighted by Gasteiger charge is -2.21. The van der Waals surface area contributed by atoms with E-state index < -0.39 is 10.0 Å². The zero-order valence-corrected chi connectivity index (χ0v) is 13.0. The predicted octanol–water partition coefficient (Wildman–Crippen LogP) is 1.97. The first kappa shape index (κ1) is 14.4. The molecule has 7 heteroatoms. The highest BCUT2D eigenvalue weighted by molar-refractivity contribution is 7.89. The number of hydrogen-bond donors (Lipinski definition) is 0. The van der Waals surface area contributed by atoms with E-state index in [1.807, 2.05) is 4.57 Å². The summed E-state index contributed by atoms with van der Waals surface area (Å²) >= 11 is 5.92. The van der Waals surface area contributed by atoms with Crippen LogP contribution in [0, 0.1) is 0 Å². The molecule has 1 saturated carbocycles. The molecule has 2 heterocycles. The van der Waals surface area contributed by atoms with E-state index in [0.29, 0.717) is 30.0 Å². The van der Waals surface area contributed by atoms with Gasteiger partial charge in [-0.1, -0.05) is 0 Å². The Hall–Kier alpha value is -0.560. The van der Waals surface area contributed by atoms with Crippen molar-refractivity contribution in [2.24, 2.45) is 0 Å². The quantitative estimate of drug-likeness (QED) is 0.780. The Morgan fingerprint density at radius 3 is 2.75 bits per heavy atom. The SMILES string of the molecule is CN(C1CCOC1)S(=O)(=O)c1cc(CCl)n(C2CC2)c1. The molecule has 2 aliphatic rings. The van der Waals surface area contributed by atoms with Crippen LogP contribution in [-0.2, 0) is 20.6 Å². The largest absolute Gasteiger partial charge is 0.380 e. The molecule has 1 aliphatic carbocycles. The molecule has 1 atom stereocenters. The van der Waals surface area contributed by atoms with Gasteiger partial charge >= 0.3 is 0 Å². The van der Waals surface area contributed by atoms with E-state index in [4.69, 9.17) is 16.3 Å². The van der Waals surface area contributed by atoms with Crippen molar-refractivity contribution >= 4 is 21.6 Å². The molecule has 1 unspecified atom stereocenters. The molecule has 0 spiro atoms. The molecular weight excluding hydrogens is 300 g/mol. The van der Waals surface area contributed by atoms with E-state index in [2.05, 4.69) is 0 Å². The van der Waals surface area contributed by atoms with Crippen molar-refractivity contribution in [2.75, 3.05) is 20.3 Å². The summed E-state index contributed by atoms with van der Waals surface area (Å²) < 4.78 is 34.0. The Morgan fingerprint density at radius 1 is 1.45 bits per heavy atom. The van der Waals surface area contributed by atoms with Crippen molar-refractivity contribution in [2.45, 2.75) is 42.1 Å². The van der Waals surface area contributed by atoms with Gasteiger partial charge in [-0.05, 0) is 25.3 Å². The zero-order chi connectivity index (χ0) is 14.3. The average molecular weight is 319 g/mol. The van der Waals surface area contributed by atoms with Gasteiger partial charge in [0.05, 0.1) is 18.5 Å². The van der Waals surface area contributed by atoms with Gasteiger partial charge in [0.2, 0.25) is 10.0 Å². The second-order valence-corrected chi connectivity index (χ2v) is 7.74. The minimum absolute atomic E-state index is 0.0660. The summed E-state index contributed by atoms with van der Waals surface area (Å²) in [5.74, 6) is 0.336. The molecule has 1 aromatic heterocycles. The molecule has 3 rings (SSSR count). The van der Waals surface area contributed by atoms with E-state index in [1.54, 1.807) is 19.3 Å². The van der Waals surface area contributed by atoms with Crippen molar-refractivity contribution in [3.63, 3.8) is 0 Å². The Kier molecular flexibility index (Phi) is 3.83. The van der Waals surface area contributed by atoms with Gasteiger partial charge in [0.15, 0.2) is 0 Å². The topological polar surface area (TPSA) is 51.5 Å². The van der Waals surface area contributed by atoms with Gasteiger partial charge in [-0.3, -0.25) is 0 Å². The highest BCUT2D eigenvalue weighted by Crippen LogP contribution is 2.38. The van der Waals surface area contributed by atoms with Crippen molar-refractivity contribution in [1.29, 1.82) is 0 Å². The fourth-order valence-electron chi connectivity index (χ4n) is 2.61. The van der Waals surface area contributed by atoms with Gasteiger partial charge in [0.1, 0.15) is 4.90 Å². The van der Waals surface area contributed by atoms with Gasteiger partial charge in [0, 0.05) is 31.6 Å². The zero-order valence-electron chi connectivity index (χ0n) is 11.5. The molecule has 5 nitrogen and oxygen atoms in total. The summed E-state index contributed by atoms with van der Waals surface area (Å²) in [5.41, 5.74) is 0.879. The van der Waals surface area contributed by atoms with Crippen molar-refractivity contribution in [3.05, 3.63) is 18.0 Å². The Morgan fingerprint density at radius 2 is 2.20 bits per heavy atom. The Bertz CT molecular complexity index is 589. The van der Waals surface area contributed by atoms with Crippen LogP contribution in [0.5, 0.6) is 0 Å². The Balaban J connectivity index is 1.90. The monoisotopic (exact) mass is 318 g/mol. The van der Waals surface area contributed by atoms with Gasteiger partial charge in [-0.25, -0.2) is 8.42 Å². The standard InChI is InChI=1S/C13H19ClN2O3S/c1-15(11-4-5-19-9-11)20(17,18)13-6-12(7-14)16(8-13)10-2-3-10/h6,8,10-11H,2-5,7,9H2,1H3. The number of ether oxygens (including phenoxy) is 1. The van der Waals surface area contributed by atoms with Crippen LogP contribution in [-0.4, -0.2) is 43.6 Å². The molecule has 0 N–H and O–H groups in total. The van der Waals surface area contributed by atoms with E-state index >= 15 is 0 Å². The summed E-state index contributed by atoms with van der Waals surface area (Å²) in [6.45, 7) is 1.10. The molecule has 0 radical (unpaired) electrons. The van der Waals surface area contributed by atoms with Crippen LogP contribution in [0.2, 0.25) is 0 Å². The number of hydrogen-bond acceptors (Lipinski definition) is 3. The third kappa shape index (κ3) is 2.50. The van der Waals surface area contributed by atoms with Crippen LogP contribution < -0.4 is 0 Å². The maximum atomic E-state index is 12.7.